The number of amides is 3. The van der Waals surface area contributed by atoms with E-state index >= 15 is 0 Å². The van der Waals surface area contributed by atoms with Crippen LogP contribution in [0, 0.1) is 18.6 Å². The van der Waals surface area contributed by atoms with E-state index < -0.39 is 35.4 Å². The van der Waals surface area contributed by atoms with E-state index in [1.807, 2.05) is 0 Å². The monoisotopic (exact) mass is 503 g/mol. The molecule has 3 amide bonds. The fraction of sp³-hybridized carbons (Fsp3) is 0.167. The minimum Gasteiger partial charge on any atom is -0.312 e. The highest BCUT2D eigenvalue weighted by molar-refractivity contribution is 7.59. The van der Waals surface area contributed by atoms with E-state index in [0.29, 0.717) is 22.5 Å². The maximum atomic E-state index is 13.8. The highest BCUT2D eigenvalue weighted by Crippen LogP contribution is 2.28. The Morgan fingerprint density at radius 2 is 1.62 bits per heavy atom. The minimum absolute atomic E-state index is 0. The van der Waals surface area contributed by atoms with Gasteiger partial charge in [-0.25, -0.2) is 8.78 Å². The molecule has 0 N–H and O–H groups in total. The van der Waals surface area contributed by atoms with Crippen LogP contribution in [0.2, 0.25) is 5.02 Å². The fourth-order valence-corrected chi connectivity index (χ4v) is 3.92. The van der Waals surface area contributed by atoms with E-state index in [9.17, 15) is 23.2 Å². The number of pyridine rings is 1. The SMILES string of the molecule is Cc1ncc(N(C)C(=O)[C@H](Cc2cc(F)cc(F)c2)N2C(=O)c3ccccc3C2=O)cc1Cl.S. The number of benzene rings is 2. The zero-order valence-electron chi connectivity index (χ0n) is 18.2. The first kappa shape index (κ1) is 25.3. The van der Waals surface area contributed by atoms with Crippen molar-refractivity contribution in [1.82, 2.24) is 9.88 Å². The number of hydrogen-bond acceptors (Lipinski definition) is 4. The van der Waals surface area contributed by atoms with Crippen LogP contribution in [0.5, 0.6) is 0 Å². The van der Waals surface area contributed by atoms with Gasteiger partial charge < -0.3 is 4.90 Å². The Hall–Kier alpha value is -3.30. The third-order valence-electron chi connectivity index (χ3n) is 5.50. The number of aromatic nitrogens is 1. The predicted molar refractivity (Wildman–Crippen MR) is 129 cm³/mol. The van der Waals surface area contributed by atoms with E-state index in [1.165, 1.54) is 36.3 Å². The fourth-order valence-electron chi connectivity index (χ4n) is 3.76. The number of fused-ring (bicyclic) bond motifs is 1. The van der Waals surface area contributed by atoms with Gasteiger partial charge in [0.2, 0.25) is 5.91 Å². The largest absolute Gasteiger partial charge is 0.312 e. The molecule has 0 spiro atoms. The molecule has 1 aliphatic rings. The summed E-state index contributed by atoms with van der Waals surface area (Å²) in [6, 6.07) is 9.20. The van der Waals surface area contributed by atoms with Crippen LogP contribution in [0.1, 0.15) is 32.0 Å². The summed E-state index contributed by atoms with van der Waals surface area (Å²) in [6.45, 7) is 1.70. The topological polar surface area (TPSA) is 70.6 Å². The number of carbonyl (C=O) groups is 3. The molecule has 0 bridgehead atoms. The summed E-state index contributed by atoms with van der Waals surface area (Å²) in [6.07, 6.45) is 1.15. The number of rotatable bonds is 5. The molecular formula is C24H20ClF2N3O3S. The smallest absolute Gasteiger partial charge is 0.262 e. The van der Waals surface area contributed by atoms with Gasteiger partial charge in [-0.15, -0.1) is 0 Å². The first-order valence-electron chi connectivity index (χ1n) is 9.99. The molecule has 2 heterocycles. The van der Waals surface area contributed by atoms with Gasteiger partial charge in [0, 0.05) is 19.5 Å². The third-order valence-corrected chi connectivity index (χ3v) is 5.88. The number of hydrogen-bond donors (Lipinski definition) is 0. The summed E-state index contributed by atoms with van der Waals surface area (Å²) in [5, 5.41) is 0.330. The lowest BCUT2D eigenvalue weighted by Gasteiger charge is -2.29. The molecule has 0 saturated carbocycles. The molecule has 1 aromatic heterocycles. The molecule has 3 aromatic rings. The van der Waals surface area contributed by atoms with Crippen molar-refractivity contribution in [1.29, 1.82) is 0 Å². The predicted octanol–water partition coefficient (Wildman–Crippen LogP) is 4.30. The number of carbonyl (C=O) groups excluding carboxylic acids is 3. The second kappa shape index (κ2) is 9.90. The van der Waals surface area contributed by atoms with Gasteiger partial charge in [-0.2, -0.15) is 13.5 Å². The number of aryl methyl sites for hydroxylation is 1. The molecule has 10 heteroatoms. The van der Waals surface area contributed by atoms with Crippen molar-refractivity contribution in [2.45, 2.75) is 19.4 Å². The zero-order valence-corrected chi connectivity index (χ0v) is 19.9. The van der Waals surface area contributed by atoms with Crippen LogP contribution in [-0.2, 0) is 11.2 Å². The number of imide groups is 1. The van der Waals surface area contributed by atoms with E-state index in [4.69, 9.17) is 11.6 Å². The molecule has 1 aliphatic heterocycles. The van der Waals surface area contributed by atoms with Crippen LogP contribution in [0.25, 0.3) is 0 Å². The minimum atomic E-state index is -1.36. The quantitative estimate of drug-likeness (QED) is 0.487. The summed E-state index contributed by atoms with van der Waals surface area (Å²) in [5.74, 6) is -3.61. The average molecular weight is 504 g/mol. The van der Waals surface area contributed by atoms with Crippen molar-refractivity contribution in [3.8, 4) is 0 Å². The molecular weight excluding hydrogens is 484 g/mol. The van der Waals surface area contributed by atoms with Crippen LogP contribution in [-0.4, -0.2) is 40.7 Å². The van der Waals surface area contributed by atoms with Gasteiger partial charge in [0.1, 0.15) is 17.7 Å². The molecule has 176 valence electrons. The zero-order chi connectivity index (χ0) is 23.9. The lowest BCUT2D eigenvalue weighted by atomic mass is 10.0. The van der Waals surface area contributed by atoms with Crippen LogP contribution in [0.15, 0.2) is 54.7 Å². The Kier molecular flexibility index (Phi) is 7.38. The summed E-state index contributed by atoms with van der Waals surface area (Å²) >= 11 is 6.14. The number of anilines is 1. The van der Waals surface area contributed by atoms with Gasteiger partial charge in [0.25, 0.3) is 11.8 Å². The van der Waals surface area contributed by atoms with Crippen LogP contribution >= 0.6 is 25.1 Å². The maximum absolute atomic E-state index is 13.8. The summed E-state index contributed by atoms with van der Waals surface area (Å²) < 4.78 is 27.7. The number of likely N-dealkylation sites (N-methyl/N-ethyl adjacent to an activating group) is 1. The van der Waals surface area contributed by atoms with E-state index in [0.717, 1.165) is 17.0 Å². The second-order valence-corrected chi connectivity index (χ2v) is 8.09. The molecule has 0 radical (unpaired) electrons. The molecule has 2 aromatic carbocycles. The van der Waals surface area contributed by atoms with Gasteiger partial charge >= 0.3 is 0 Å². The molecule has 0 saturated heterocycles. The normalized spacial score (nSPS) is 13.4. The van der Waals surface area contributed by atoms with Crippen LogP contribution < -0.4 is 4.90 Å². The Morgan fingerprint density at radius 1 is 1.06 bits per heavy atom. The average Bonchev–Trinajstić information content (AvgIpc) is 3.03. The lowest BCUT2D eigenvalue weighted by molar-refractivity contribution is -0.122. The second-order valence-electron chi connectivity index (χ2n) is 7.68. The Labute approximate surface area is 206 Å². The molecule has 0 unspecified atom stereocenters. The molecule has 0 aliphatic carbocycles. The standard InChI is InChI=1S/C24H18ClF2N3O3.H2S/c1-13-20(25)11-17(12-28-13)29(2)24(33)21(9-14-7-15(26)10-16(27)8-14)30-22(31)18-5-3-4-6-19(18)23(30)32;/h3-8,10-12,21H,9H2,1-2H3;1H2/t21-;/m0./s1. The van der Waals surface area contributed by atoms with Crippen LogP contribution in [0.3, 0.4) is 0 Å². The molecule has 0 fully saturated rings. The van der Waals surface area contributed by atoms with E-state index in [2.05, 4.69) is 4.98 Å². The highest BCUT2D eigenvalue weighted by Gasteiger charge is 2.43. The van der Waals surface area contributed by atoms with Crippen molar-refractivity contribution in [2.75, 3.05) is 11.9 Å². The molecule has 4 rings (SSSR count). The van der Waals surface area contributed by atoms with Crippen LogP contribution in [0.4, 0.5) is 14.5 Å². The van der Waals surface area contributed by atoms with Crippen molar-refractivity contribution < 1.29 is 23.2 Å². The Bertz CT molecular complexity index is 1250. The number of nitrogens with zero attached hydrogens (tertiary/aromatic N) is 3. The number of halogens is 3. The van der Waals surface area contributed by atoms with Crippen molar-refractivity contribution in [2.24, 2.45) is 0 Å². The van der Waals surface area contributed by atoms with Gasteiger partial charge in [0.05, 0.1) is 33.7 Å². The maximum Gasteiger partial charge on any atom is 0.262 e. The molecule has 6 nitrogen and oxygen atoms in total. The molecule has 1 atom stereocenters. The van der Waals surface area contributed by atoms with Crippen molar-refractivity contribution >= 4 is 48.5 Å². The lowest BCUT2D eigenvalue weighted by Crippen LogP contribution is -2.51. The Balaban J connectivity index is 0.00000324. The summed E-state index contributed by atoms with van der Waals surface area (Å²) in [7, 11) is 1.45. The summed E-state index contributed by atoms with van der Waals surface area (Å²) in [5.41, 5.74) is 1.34. The van der Waals surface area contributed by atoms with E-state index in [-0.39, 0.29) is 36.6 Å². The highest BCUT2D eigenvalue weighted by atomic mass is 35.5. The first-order valence-corrected chi connectivity index (χ1v) is 10.4. The third kappa shape index (κ3) is 4.67. The van der Waals surface area contributed by atoms with Crippen molar-refractivity contribution in [3.05, 3.63) is 93.8 Å². The van der Waals surface area contributed by atoms with Gasteiger partial charge in [-0.3, -0.25) is 24.3 Å². The molecule has 34 heavy (non-hydrogen) atoms. The summed E-state index contributed by atoms with van der Waals surface area (Å²) in [4.78, 5) is 45.9. The van der Waals surface area contributed by atoms with Crippen molar-refractivity contribution in [3.63, 3.8) is 0 Å². The Morgan fingerprint density at radius 3 is 2.15 bits per heavy atom. The van der Waals surface area contributed by atoms with E-state index in [1.54, 1.807) is 19.1 Å². The van der Waals surface area contributed by atoms with Gasteiger partial charge in [-0.1, -0.05) is 23.7 Å². The van der Waals surface area contributed by atoms with Gasteiger partial charge in [0.15, 0.2) is 0 Å². The van der Waals surface area contributed by atoms with Gasteiger partial charge in [-0.05, 0) is 42.8 Å². The first-order chi connectivity index (χ1) is 15.7.